The first-order valence-corrected chi connectivity index (χ1v) is 5.88. The quantitative estimate of drug-likeness (QED) is 0.846. The maximum Gasteiger partial charge on any atom is 0.121 e. The molecule has 0 aliphatic carbocycles. The van der Waals surface area contributed by atoms with Crippen LogP contribution in [-0.4, -0.2) is 17.4 Å². The van der Waals surface area contributed by atoms with Gasteiger partial charge in [0.1, 0.15) is 5.84 Å². The van der Waals surface area contributed by atoms with E-state index in [9.17, 15) is 0 Å². The molecule has 0 radical (unpaired) electrons. The highest BCUT2D eigenvalue weighted by molar-refractivity contribution is 5.78. The Kier molecular flexibility index (Phi) is 3.94. The zero-order valence-corrected chi connectivity index (χ0v) is 9.48. The summed E-state index contributed by atoms with van der Waals surface area (Å²) in [6, 6.07) is 10.1. The molecule has 0 spiro atoms. The van der Waals surface area contributed by atoms with Gasteiger partial charge in [0.15, 0.2) is 0 Å². The summed E-state index contributed by atoms with van der Waals surface area (Å²) in [5, 5.41) is 9.60. The van der Waals surface area contributed by atoms with Gasteiger partial charge in [0, 0.05) is 13.0 Å². The molecule has 86 valence electrons. The number of hydrogen-bond acceptors (Lipinski definition) is 2. The largest absolute Gasteiger partial charge is 0.287 e. The summed E-state index contributed by atoms with van der Waals surface area (Å²) in [6.45, 7) is 1.41. The highest BCUT2D eigenvalue weighted by Crippen LogP contribution is 2.13. The molecule has 0 saturated carbocycles. The number of rotatable bonds is 3. The summed E-state index contributed by atoms with van der Waals surface area (Å²) in [5.41, 5.74) is 1.15. The van der Waals surface area contributed by atoms with Crippen molar-refractivity contribution in [2.45, 2.75) is 32.3 Å². The van der Waals surface area contributed by atoms with Gasteiger partial charge < -0.3 is 0 Å². The van der Waals surface area contributed by atoms with Crippen molar-refractivity contribution in [1.29, 1.82) is 5.41 Å². The van der Waals surface area contributed by atoms with Crippen molar-refractivity contribution < 1.29 is 4.84 Å². The Balaban J connectivity index is 1.86. The van der Waals surface area contributed by atoms with E-state index in [0.29, 0.717) is 12.4 Å². The zero-order chi connectivity index (χ0) is 11.2. The number of benzene rings is 1. The molecule has 1 aliphatic heterocycles. The summed E-state index contributed by atoms with van der Waals surface area (Å²) in [5.74, 6) is 0.619. The monoisotopic (exact) mass is 218 g/mol. The van der Waals surface area contributed by atoms with Gasteiger partial charge in [-0.05, 0) is 18.4 Å². The second-order valence-electron chi connectivity index (χ2n) is 4.12. The molecule has 1 aliphatic rings. The van der Waals surface area contributed by atoms with Gasteiger partial charge in [-0.25, -0.2) is 5.06 Å². The van der Waals surface area contributed by atoms with Crippen LogP contribution in [0.15, 0.2) is 30.3 Å². The van der Waals surface area contributed by atoms with E-state index in [4.69, 9.17) is 10.2 Å². The number of nitrogens with one attached hydrogen (secondary N) is 1. The van der Waals surface area contributed by atoms with E-state index in [2.05, 4.69) is 0 Å². The van der Waals surface area contributed by atoms with Gasteiger partial charge in [0.25, 0.3) is 0 Å². The Bertz CT molecular complexity index is 337. The van der Waals surface area contributed by atoms with Gasteiger partial charge in [-0.2, -0.15) is 0 Å². The molecule has 0 amide bonds. The Hall–Kier alpha value is -1.35. The minimum atomic E-state index is 0.559. The molecule has 1 fully saturated rings. The first-order chi connectivity index (χ1) is 7.86. The molecule has 3 heteroatoms. The van der Waals surface area contributed by atoms with Crippen LogP contribution >= 0.6 is 0 Å². The van der Waals surface area contributed by atoms with Gasteiger partial charge in [0.2, 0.25) is 0 Å². The van der Waals surface area contributed by atoms with E-state index in [0.717, 1.165) is 31.4 Å². The number of hydrogen-bond donors (Lipinski definition) is 1. The third kappa shape index (κ3) is 3.07. The molecule has 0 unspecified atom stereocenters. The fourth-order valence-corrected chi connectivity index (χ4v) is 1.85. The molecule has 2 rings (SSSR count). The van der Waals surface area contributed by atoms with Crippen LogP contribution in [0, 0.1) is 5.41 Å². The van der Waals surface area contributed by atoms with Crippen molar-refractivity contribution in [2.75, 3.05) is 6.54 Å². The van der Waals surface area contributed by atoms with Crippen molar-refractivity contribution in [1.82, 2.24) is 5.06 Å². The van der Waals surface area contributed by atoms with Crippen LogP contribution in [0.2, 0.25) is 0 Å². The van der Waals surface area contributed by atoms with Crippen molar-refractivity contribution in [3.63, 3.8) is 0 Å². The highest BCUT2D eigenvalue weighted by Gasteiger charge is 2.13. The van der Waals surface area contributed by atoms with Crippen LogP contribution in [0.3, 0.4) is 0 Å². The molecule has 0 bridgehead atoms. The smallest absolute Gasteiger partial charge is 0.121 e. The third-order valence-corrected chi connectivity index (χ3v) is 2.81. The lowest BCUT2D eigenvalue weighted by molar-refractivity contribution is -0.112. The maximum atomic E-state index is 7.85. The Labute approximate surface area is 96.5 Å². The molecule has 1 saturated heterocycles. The predicted octanol–water partition coefficient (Wildman–Crippen LogP) is 2.97. The third-order valence-electron chi connectivity index (χ3n) is 2.81. The van der Waals surface area contributed by atoms with Gasteiger partial charge in [-0.1, -0.05) is 36.8 Å². The maximum absolute atomic E-state index is 7.85. The van der Waals surface area contributed by atoms with E-state index >= 15 is 0 Å². The molecular formula is C13H18N2O. The molecule has 0 atom stereocenters. The standard InChI is InChI=1S/C13H18N2O/c14-13-9-5-2-6-10-15(13)16-11-12-7-3-1-4-8-12/h1,3-4,7-8,14H,2,5-6,9-11H2. The van der Waals surface area contributed by atoms with Gasteiger partial charge in [0.05, 0.1) is 6.61 Å². The Morgan fingerprint density at radius 3 is 2.75 bits per heavy atom. The van der Waals surface area contributed by atoms with Crippen LogP contribution in [0.4, 0.5) is 0 Å². The molecule has 3 nitrogen and oxygen atoms in total. The summed E-state index contributed by atoms with van der Waals surface area (Å²) in [4.78, 5) is 5.67. The summed E-state index contributed by atoms with van der Waals surface area (Å²) >= 11 is 0. The minimum absolute atomic E-state index is 0.559. The minimum Gasteiger partial charge on any atom is -0.287 e. The average molecular weight is 218 g/mol. The lowest BCUT2D eigenvalue weighted by Gasteiger charge is -2.21. The summed E-state index contributed by atoms with van der Waals surface area (Å²) < 4.78 is 0. The molecule has 1 N–H and O–H groups in total. The molecule has 1 aromatic rings. The summed E-state index contributed by atoms with van der Waals surface area (Å²) in [7, 11) is 0. The molecular weight excluding hydrogens is 200 g/mol. The van der Waals surface area contributed by atoms with Crippen molar-refractivity contribution in [2.24, 2.45) is 0 Å². The van der Waals surface area contributed by atoms with Crippen LogP contribution in [0.5, 0.6) is 0 Å². The van der Waals surface area contributed by atoms with Crippen molar-refractivity contribution >= 4 is 5.84 Å². The average Bonchev–Trinajstić information content (AvgIpc) is 2.53. The Morgan fingerprint density at radius 1 is 1.12 bits per heavy atom. The highest BCUT2D eigenvalue weighted by atomic mass is 16.7. The topological polar surface area (TPSA) is 36.3 Å². The van der Waals surface area contributed by atoms with Crippen LogP contribution < -0.4 is 0 Å². The fraction of sp³-hybridized carbons (Fsp3) is 0.462. The molecule has 16 heavy (non-hydrogen) atoms. The predicted molar refractivity (Wildman–Crippen MR) is 64.1 cm³/mol. The molecule has 1 aromatic carbocycles. The summed E-state index contributed by atoms with van der Waals surface area (Å²) in [6.07, 6.45) is 4.28. The van der Waals surface area contributed by atoms with E-state index < -0.39 is 0 Å². The van der Waals surface area contributed by atoms with E-state index in [1.165, 1.54) is 6.42 Å². The van der Waals surface area contributed by atoms with Crippen LogP contribution in [-0.2, 0) is 11.4 Å². The Morgan fingerprint density at radius 2 is 1.94 bits per heavy atom. The van der Waals surface area contributed by atoms with Crippen molar-refractivity contribution in [3.05, 3.63) is 35.9 Å². The first kappa shape index (κ1) is 11.1. The van der Waals surface area contributed by atoms with Gasteiger partial charge >= 0.3 is 0 Å². The molecule has 0 aromatic heterocycles. The zero-order valence-electron chi connectivity index (χ0n) is 9.48. The van der Waals surface area contributed by atoms with Gasteiger partial charge in [-0.15, -0.1) is 0 Å². The second kappa shape index (κ2) is 5.66. The van der Waals surface area contributed by atoms with E-state index in [1.54, 1.807) is 5.06 Å². The number of hydroxylamine groups is 2. The number of nitrogens with zero attached hydrogens (tertiary/aromatic N) is 1. The SMILES string of the molecule is N=C1CCCCCN1OCc1ccccc1. The second-order valence-corrected chi connectivity index (χ2v) is 4.12. The number of amidine groups is 1. The lowest BCUT2D eigenvalue weighted by atomic mass is 10.2. The van der Waals surface area contributed by atoms with Crippen LogP contribution in [0.1, 0.15) is 31.2 Å². The lowest BCUT2D eigenvalue weighted by Crippen LogP contribution is -2.29. The normalized spacial score (nSPS) is 17.2. The van der Waals surface area contributed by atoms with Gasteiger partial charge in [-0.3, -0.25) is 10.2 Å². The van der Waals surface area contributed by atoms with Crippen LogP contribution in [0.25, 0.3) is 0 Å². The fourth-order valence-electron chi connectivity index (χ4n) is 1.85. The molecule has 1 heterocycles. The van der Waals surface area contributed by atoms with E-state index in [1.807, 2.05) is 30.3 Å². The first-order valence-electron chi connectivity index (χ1n) is 5.88. The van der Waals surface area contributed by atoms with Crippen molar-refractivity contribution in [3.8, 4) is 0 Å². The van der Waals surface area contributed by atoms with E-state index in [-0.39, 0.29) is 0 Å².